The van der Waals surface area contributed by atoms with Crippen LogP contribution in [0.25, 0.3) is 0 Å². The average Bonchev–Trinajstić information content (AvgIpc) is 2.86. The first-order chi connectivity index (χ1) is 8.65. The quantitative estimate of drug-likeness (QED) is 0.876. The van der Waals surface area contributed by atoms with Gasteiger partial charge in [0.25, 0.3) is 0 Å². The van der Waals surface area contributed by atoms with Crippen molar-refractivity contribution in [1.29, 1.82) is 0 Å². The van der Waals surface area contributed by atoms with Crippen molar-refractivity contribution in [2.45, 2.75) is 45.6 Å². The van der Waals surface area contributed by atoms with Crippen molar-refractivity contribution < 1.29 is 9.84 Å². The highest BCUT2D eigenvalue weighted by Crippen LogP contribution is 2.42. The molecule has 0 saturated heterocycles. The van der Waals surface area contributed by atoms with Crippen molar-refractivity contribution in [3.8, 4) is 5.75 Å². The third kappa shape index (κ3) is 2.69. The minimum Gasteiger partial charge on any atom is -0.496 e. The van der Waals surface area contributed by atoms with Gasteiger partial charge < -0.3 is 9.84 Å². The van der Waals surface area contributed by atoms with E-state index in [0.717, 1.165) is 30.1 Å². The maximum atomic E-state index is 10.6. The molecule has 0 radical (unpaired) electrons. The molecule has 2 heteroatoms. The van der Waals surface area contributed by atoms with Crippen LogP contribution >= 0.6 is 0 Å². The number of rotatable bonds is 4. The Morgan fingerprint density at radius 2 is 2.17 bits per heavy atom. The molecule has 1 N–H and O–H groups in total. The summed E-state index contributed by atoms with van der Waals surface area (Å²) in [5.41, 5.74) is 2.13. The lowest BCUT2D eigenvalue weighted by molar-refractivity contribution is 0.106. The van der Waals surface area contributed by atoms with Gasteiger partial charge in [0, 0.05) is 5.56 Å². The van der Waals surface area contributed by atoms with Crippen LogP contribution in [0.3, 0.4) is 0 Å². The molecule has 3 unspecified atom stereocenters. The summed E-state index contributed by atoms with van der Waals surface area (Å²) in [5.74, 6) is 2.00. The molecule has 1 aromatic carbocycles. The lowest BCUT2D eigenvalue weighted by Crippen LogP contribution is -2.11. The molecule has 0 amide bonds. The third-order valence-electron chi connectivity index (χ3n) is 4.31. The third-order valence-corrected chi connectivity index (χ3v) is 4.31. The molecule has 0 aliphatic heterocycles. The van der Waals surface area contributed by atoms with Gasteiger partial charge in [-0.1, -0.05) is 31.4 Å². The molecule has 2 rings (SSSR count). The van der Waals surface area contributed by atoms with Gasteiger partial charge in [0.05, 0.1) is 13.2 Å². The maximum Gasteiger partial charge on any atom is 0.124 e. The van der Waals surface area contributed by atoms with E-state index in [-0.39, 0.29) is 6.10 Å². The Kier molecular flexibility index (Phi) is 4.28. The number of ether oxygens (including phenoxy) is 1. The van der Waals surface area contributed by atoms with E-state index in [9.17, 15) is 5.11 Å². The summed E-state index contributed by atoms with van der Waals surface area (Å²) >= 11 is 0. The lowest BCUT2D eigenvalue weighted by Gasteiger charge is -2.21. The van der Waals surface area contributed by atoms with Crippen molar-refractivity contribution in [2.24, 2.45) is 11.8 Å². The van der Waals surface area contributed by atoms with E-state index in [0.29, 0.717) is 5.92 Å². The highest BCUT2D eigenvalue weighted by Gasteiger charge is 2.31. The Balaban J connectivity index is 2.18. The smallest absolute Gasteiger partial charge is 0.124 e. The standard InChI is InChI=1S/C16H24O2/c1-4-12-6-7-13(10-12)16(17)14-9-11(2)5-8-15(14)18-3/h5,8-9,12-13,16-17H,4,6-7,10H2,1-3H3. The fourth-order valence-corrected chi connectivity index (χ4v) is 3.11. The van der Waals surface area contributed by atoms with Crippen LogP contribution in [0.1, 0.15) is 49.8 Å². The van der Waals surface area contributed by atoms with Crippen LogP contribution in [0.5, 0.6) is 5.75 Å². The van der Waals surface area contributed by atoms with Crippen molar-refractivity contribution in [1.82, 2.24) is 0 Å². The Labute approximate surface area is 110 Å². The SMILES string of the molecule is CCC1CCC(C(O)c2cc(C)ccc2OC)C1. The van der Waals surface area contributed by atoms with Crippen molar-refractivity contribution in [3.63, 3.8) is 0 Å². The first-order valence-corrected chi connectivity index (χ1v) is 6.98. The molecule has 1 aliphatic carbocycles. The Morgan fingerprint density at radius 3 is 2.78 bits per heavy atom. The number of hydrogen-bond donors (Lipinski definition) is 1. The summed E-state index contributed by atoms with van der Waals surface area (Å²) in [6.07, 6.45) is 4.39. The van der Waals surface area contributed by atoms with Crippen LogP contribution in [-0.4, -0.2) is 12.2 Å². The first-order valence-electron chi connectivity index (χ1n) is 6.98. The van der Waals surface area contributed by atoms with E-state index in [1.54, 1.807) is 7.11 Å². The Hall–Kier alpha value is -1.02. The molecule has 3 atom stereocenters. The number of hydrogen-bond acceptors (Lipinski definition) is 2. The lowest BCUT2D eigenvalue weighted by atomic mass is 9.91. The van der Waals surface area contributed by atoms with Crippen LogP contribution in [0.2, 0.25) is 0 Å². The van der Waals surface area contributed by atoms with Gasteiger partial charge in [-0.3, -0.25) is 0 Å². The van der Waals surface area contributed by atoms with Gasteiger partial charge in [-0.2, -0.15) is 0 Å². The predicted octanol–water partition coefficient (Wildman–Crippen LogP) is 3.86. The van der Waals surface area contributed by atoms with Crippen molar-refractivity contribution in [3.05, 3.63) is 29.3 Å². The molecular weight excluding hydrogens is 224 g/mol. The molecule has 0 heterocycles. The Bertz CT molecular complexity index is 400. The summed E-state index contributed by atoms with van der Waals surface area (Å²) in [6.45, 7) is 4.30. The number of aliphatic hydroxyl groups is 1. The zero-order valence-electron chi connectivity index (χ0n) is 11.6. The summed E-state index contributed by atoms with van der Waals surface area (Å²) in [5, 5.41) is 10.6. The fraction of sp³-hybridized carbons (Fsp3) is 0.625. The van der Waals surface area contributed by atoms with E-state index >= 15 is 0 Å². The molecule has 1 aromatic rings. The molecule has 18 heavy (non-hydrogen) atoms. The summed E-state index contributed by atoms with van der Waals surface area (Å²) in [6, 6.07) is 6.04. The topological polar surface area (TPSA) is 29.5 Å². The van der Waals surface area contributed by atoms with Crippen LogP contribution in [0.4, 0.5) is 0 Å². The van der Waals surface area contributed by atoms with Gasteiger partial charge in [0.15, 0.2) is 0 Å². The molecule has 0 aromatic heterocycles. The second-order valence-corrected chi connectivity index (χ2v) is 5.54. The monoisotopic (exact) mass is 248 g/mol. The molecule has 0 spiro atoms. The number of aliphatic hydroxyl groups excluding tert-OH is 1. The maximum absolute atomic E-state index is 10.6. The number of aryl methyl sites for hydroxylation is 1. The summed E-state index contributed by atoms with van der Waals surface area (Å²) < 4.78 is 5.37. The molecule has 1 aliphatic rings. The molecule has 0 bridgehead atoms. The van der Waals surface area contributed by atoms with E-state index in [2.05, 4.69) is 19.9 Å². The second-order valence-electron chi connectivity index (χ2n) is 5.54. The second kappa shape index (κ2) is 5.75. The highest BCUT2D eigenvalue weighted by molar-refractivity contribution is 5.38. The van der Waals surface area contributed by atoms with Gasteiger partial charge in [0.1, 0.15) is 5.75 Å². The van der Waals surface area contributed by atoms with Crippen LogP contribution in [0, 0.1) is 18.8 Å². The molecule has 1 saturated carbocycles. The van der Waals surface area contributed by atoms with Gasteiger partial charge in [-0.25, -0.2) is 0 Å². The number of methoxy groups -OCH3 is 1. The molecule has 1 fully saturated rings. The number of benzene rings is 1. The van der Waals surface area contributed by atoms with Crippen molar-refractivity contribution in [2.75, 3.05) is 7.11 Å². The van der Waals surface area contributed by atoms with E-state index in [4.69, 9.17) is 4.74 Å². The van der Waals surface area contributed by atoms with E-state index in [1.165, 1.54) is 18.4 Å². The molecule has 100 valence electrons. The van der Waals surface area contributed by atoms with Gasteiger partial charge >= 0.3 is 0 Å². The highest BCUT2D eigenvalue weighted by atomic mass is 16.5. The van der Waals surface area contributed by atoms with Gasteiger partial charge in [0.2, 0.25) is 0 Å². The van der Waals surface area contributed by atoms with E-state index < -0.39 is 0 Å². The van der Waals surface area contributed by atoms with Crippen molar-refractivity contribution >= 4 is 0 Å². The van der Waals surface area contributed by atoms with Gasteiger partial charge in [-0.15, -0.1) is 0 Å². The molecular formula is C16H24O2. The summed E-state index contributed by atoms with van der Waals surface area (Å²) in [4.78, 5) is 0. The predicted molar refractivity (Wildman–Crippen MR) is 73.8 cm³/mol. The van der Waals surface area contributed by atoms with Crippen LogP contribution in [-0.2, 0) is 0 Å². The van der Waals surface area contributed by atoms with E-state index in [1.807, 2.05) is 12.1 Å². The largest absolute Gasteiger partial charge is 0.496 e. The minimum absolute atomic E-state index is 0.378. The van der Waals surface area contributed by atoms with Gasteiger partial charge in [-0.05, 0) is 43.7 Å². The molecule has 2 nitrogen and oxygen atoms in total. The zero-order valence-corrected chi connectivity index (χ0v) is 11.6. The zero-order chi connectivity index (χ0) is 13.1. The first kappa shape index (κ1) is 13.4. The summed E-state index contributed by atoms with van der Waals surface area (Å²) in [7, 11) is 1.67. The fourth-order valence-electron chi connectivity index (χ4n) is 3.11. The average molecular weight is 248 g/mol. The van der Waals surface area contributed by atoms with Crippen LogP contribution in [0.15, 0.2) is 18.2 Å². The Morgan fingerprint density at radius 1 is 1.39 bits per heavy atom. The normalized spacial score (nSPS) is 25.1. The van der Waals surface area contributed by atoms with Crippen LogP contribution < -0.4 is 4.74 Å². The minimum atomic E-state index is -0.378.